The Balaban J connectivity index is 2.03. The van der Waals surface area contributed by atoms with Gasteiger partial charge in [0.25, 0.3) is 0 Å². The third kappa shape index (κ3) is 2.84. The maximum Gasteiger partial charge on any atom is 0.494 e. The minimum absolute atomic E-state index is 0.0345. The van der Waals surface area contributed by atoms with Crippen molar-refractivity contribution in [3.05, 3.63) is 42.2 Å². The first kappa shape index (κ1) is 17.0. The molecule has 0 spiro atoms. The Bertz CT molecular complexity index is 726. The number of nitrogens with zero attached hydrogens (tertiary/aromatic N) is 2. The van der Waals surface area contributed by atoms with Crippen molar-refractivity contribution in [3.8, 4) is 5.69 Å². The monoisotopic (exact) mass is 338 g/mol. The number of benzene rings is 1. The van der Waals surface area contributed by atoms with Gasteiger partial charge in [-0.3, -0.25) is 0 Å². The molecular weight excluding hydrogens is 320 g/mol. The minimum Gasteiger partial charge on any atom is -0.399 e. The van der Waals surface area contributed by atoms with Gasteiger partial charge in [0.15, 0.2) is 0 Å². The van der Waals surface area contributed by atoms with Gasteiger partial charge in [-0.1, -0.05) is 6.07 Å². The van der Waals surface area contributed by atoms with Crippen LogP contribution in [0.5, 0.6) is 0 Å². The van der Waals surface area contributed by atoms with E-state index in [-0.39, 0.29) is 5.69 Å². The summed E-state index contributed by atoms with van der Waals surface area (Å²) in [4.78, 5) is 0. The number of aromatic nitrogens is 2. The van der Waals surface area contributed by atoms with E-state index < -0.39 is 30.1 Å². The van der Waals surface area contributed by atoms with Gasteiger partial charge in [-0.25, -0.2) is 4.68 Å². The molecule has 0 radical (unpaired) electrons. The Hall–Kier alpha value is -1.80. The molecule has 0 atom stereocenters. The van der Waals surface area contributed by atoms with Crippen molar-refractivity contribution >= 4 is 12.6 Å². The maximum atomic E-state index is 13.5. The van der Waals surface area contributed by atoms with Crippen molar-refractivity contribution in [2.24, 2.45) is 0 Å². The van der Waals surface area contributed by atoms with Crippen molar-refractivity contribution in [2.75, 3.05) is 0 Å². The van der Waals surface area contributed by atoms with Crippen molar-refractivity contribution in [3.63, 3.8) is 0 Å². The topological polar surface area (TPSA) is 36.3 Å². The first-order chi connectivity index (χ1) is 11.0. The fourth-order valence-electron chi connectivity index (χ4n) is 2.52. The fourth-order valence-corrected chi connectivity index (χ4v) is 2.52. The van der Waals surface area contributed by atoms with Gasteiger partial charge in [-0.2, -0.15) is 18.3 Å². The molecular formula is C16H18BF3N2O2. The number of hydrogen-bond donors (Lipinski definition) is 0. The Morgan fingerprint density at radius 1 is 1.08 bits per heavy atom. The molecule has 0 aliphatic carbocycles. The molecule has 4 nitrogen and oxygen atoms in total. The van der Waals surface area contributed by atoms with Crippen LogP contribution in [0.3, 0.4) is 0 Å². The standard InChI is InChI=1S/C16H18BF3N2O2/c1-14(2)15(3,4)24-17(23-14)11-6-7-13(22-9-5-8-21-22)12(10-11)16(18,19)20/h5-10H,1-4H3. The second kappa shape index (κ2) is 5.36. The van der Waals surface area contributed by atoms with Crippen LogP contribution >= 0.6 is 0 Å². The van der Waals surface area contributed by atoms with E-state index in [1.54, 1.807) is 12.1 Å². The number of hydrogen-bond acceptors (Lipinski definition) is 3. The molecule has 8 heteroatoms. The Labute approximate surface area is 138 Å². The van der Waals surface area contributed by atoms with Gasteiger partial charge in [0, 0.05) is 12.4 Å². The molecule has 128 valence electrons. The summed E-state index contributed by atoms with van der Waals surface area (Å²) in [5.41, 5.74) is -1.71. The summed E-state index contributed by atoms with van der Waals surface area (Å²) in [6, 6.07) is 5.60. The highest BCUT2D eigenvalue weighted by Crippen LogP contribution is 2.38. The van der Waals surface area contributed by atoms with Crippen molar-refractivity contribution in [1.29, 1.82) is 0 Å². The highest BCUT2D eigenvalue weighted by atomic mass is 19.4. The molecule has 0 saturated carbocycles. The fraction of sp³-hybridized carbons (Fsp3) is 0.438. The van der Waals surface area contributed by atoms with Gasteiger partial charge in [0.05, 0.1) is 22.5 Å². The first-order valence-corrected chi connectivity index (χ1v) is 7.58. The van der Waals surface area contributed by atoms with E-state index in [1.807, 2.05) is 27.7 Å². The lowest BCUT2D eigenvalue weighted by Crippen LogP contribution is -2.41. The molecule has 1 aliphatic heterocycles. The van der Waals surface area contributed by atoms with Crippen LogP contribution in [0.2, 0.25) is 0 Å². The minimum atomic E-state index is -4.51. The van der Waals surface area contributed by atoms with E-state index in [1.165, 1.54) is 23.1 Å². The molecule has 0 N–H and O–H groups in total. The SMILES string of the molecule is CC1(C)OB(c2ccc(-n3cccn3)c(C(F)(F)F)c2)OC1(C)C. The molecule has 1 fully saturated rings. The zero-order chi connectivity index (χ0) is 17.8. The predicted molar refractivity (Wildman–Crippen MR) is 84.3 cm³/mol. The number of rotatable bonds is 2. The molecule has 1 aliphatic rings. The quantitative estimate of drug-likeness (QED) is 0.789. The van der Waals surface area contributed by atoms with Crippen LogP contribution in [0, 0.1) is 0 Å². The molecule has 3 rings (SSSR count). The van der Waals surface area contributed by atoms with Crippen LogP contribution in [0.15, 0.2) is 36.7 Å². The van der Waals surface area contributed by atoms with Crippen LogP contribution in [-0.4, -0.2) is 28.1 Å². The highest BCUT2D eigenvalue weighted by molar-refractivity contribution is 6.62. The van der Waals surface area contributed by atoms with Gasteiger partial charge in [-0.15, -0.1) is 0 Å². The van der Waals surface area contributed by atoms with E-state index >= 15 is 0 Å². The second-order valence-corrected chi connectivity index (χ2v) is 6.81. The smallest absolute Gasteiger partial charge is 0.399 e. The number of alkyl halides is 3. The van der Waals surface area contributed by atoms with Crippen LogP contribution in [0.25, 0.3) is 5.69 Å². The summed E-state index contributed by atoms with van der Waals surface area (Å²) in [6.07, 6.45) is -1.61. The van der Waals surface area contributed by atoms with Crippen LogP contribution < -0.4 is 5.46 Å². The van der Waals surface area contributed by atoms with Crippen molar-refractivity contribution in [1.82, 2.24) is 9.78 Å². The highest BCUT2D eigenvalue weighted by Gasteiger charge is 2.52. The van der Waals surface area contributed by atoms with Gasteiger partial charge < -0.3 is 9.31 Å². The maximum absolute atomic E-state index is 13.5. The predicted octanol–water partition coefficient (Wildman–Crippen LogP) is 3.19. The summed E-state index contributed by atoms with van der Waals surface area (Å²) in [5.74, 6) is 0. The van der Waals surface area contributed by atoms with Crippen molar-refractivity contribution < 1.29 is 22.5 Å². The molecule has 0 amide bonds. The molecule has 1 saturated heterocycles. The molecule has 1 aromatic carbocycles. The second-order valence-electron chi connectivity index (χ2n) is 6.81. The van der Waals surface area contributed by atoms with Crippen LogP contribution in [0.1, 0.15) is 33.3 Å². The molecule has 2 heterocycles. The third-order valence-electron chi connectivity index (χ3n) is 4.60. The molecule has 0 unspecified atom stereocenters. The lowest BCUT2D eigenvalue weighted by atomic mass is 9.78. The van der Waals surface area contributed by atoms with E-state index in [0.29, 0.717) is 5.46 Å². The Kier molecular flexibility index (Phi) is 3.80. The Morgan fingerprint density at radius 2 is 1.71 bits per heavy atom. The molecule has 2 aromatic rings. The summed E-state index contributed by atoms with van der Waals surface area (Å²) in [7, 11) is -0.845. The summed E-state index contributed by atoms with van der Waals surface area (Å²) in [6.45, 7) is 7.43. The normalized spacial score (nSPS) is 19.7. The summed E-state index contributed by atoms with van der Waals surface area (Å²) < 4.78 is 53.3. The van der Waals surface area contributed by atoms with E-state index in [0.717, 1.165) is 6.07 Å². The van der Waals surface area contributed by atoms with E-state index in [9.17, 15) is 13.2 Å². The van der Waals surface area contributed by atoms with Crippen LogP contribution in [-0.2, 0) is 15.5 Å². The molecule has 24 heavy (non-hydrogen) atoms. The average molecular weight is 338 g/mol. The van der Waals surface area contributed by atoms with Gasteiger partial charge in [0.2, 0.25) is 0 Å². The molecule has 1 aromatic heterocycles. The lowest BCUT2D eigenvalue weighted by Gasteiger charge is -2.32. The van der Waals surface area contributed by atoms with Gasteiger partial charge in [0.1, 0.15) is 0 Å². The summed E-state index contributed by atoms with van der Waals surface area (Å²) in [5, 5.41) is 3.89. The Morgan fingerprint density at radius 3 is 2.21 bits per heavy atom. The van der Waals surface area contributed by atoms with Crippen LogP contribution in [0.4, 0.5) is 13.2 Å². The average Bonchev–Trinajstić information content (AvgIpc) is 3.04. The van der Waals surface area contributed by atoms with Gasteiger partial charge >= 0.3 is 13.3 Å². The summed E-state index contributed by atoms with van der Waals surface area (Å²) >= 11 is 0. The number of halogens is 3. The zero-order valence-electron chi connectivity index (χ0n) is 13.9. The van der Waals surface area contributed by atoms with Crippen molar-refractivity contribution in [2.45, 2.75) is 45.1 Å². The van der Waals surface area contributed by atoms with E-state index in [2.05, 4.69) is 5.10 Å². The zero-order valence-corrected chi connectivity index (χ0v) is 13.9. The third-order valence-corrected chi connectivity index (χ3v) is 4.60. The van der Waals surface area contributed by atoms with Gasteiger partial charge in [-0.05, 0) is 51.4 Å². The van der Waals surface area contributed by atoms with E-state index in [4.69, 9.17) is 9.31 Å². The molecule has 0 bridgehead atoms. The lowest BCUT2D eigenvalue weighted by molar-refractivity contribution is -0.137. The first-order valence-electron chi connectivity index (χ1n) is 7.58. The largest absolute Gasteiger partial charge is 0.494 e.